The molecule has 3 N–H and O–H groups in total. The van der Waals surface area contributed by atoms with Crippen molar-refractivity contribution in [2.24, 2.45) is 12.8 Å². The van der Waals surface area contributed by atoms with Crippen LogP contribution in [0.15, 0.2) is 60.7 Å². The van der Waals surface area contributed by atoms with Crippen molar-refractivity contribution < 1.29 is 8.42 Å². The van der Waals surface area contributed by atoms with E-state index in [0.29, 0.717) is 31.2 Å². The van der Waals surface area contributed by atoms with Crippen molar-refractivity contribution in [3.8, 4) is 0 Å². The average Bonchev–Trinajstić information content (AvgIpc) is 3.18. The van der Waals surface area contributed by atoms with Gasteiger partial charge in [0.25, 0.3) is 0 Å². The second-order valence-corrected chi connectivity index (χ2v) is 11.5. The molecular formula is C24H29ClN6O2S. The number of imidazole rings is 1. The third-order valence-electron chi connectivity index (χ3n) is 6.95. The number of rotatable bonds is 4. The van der Waals surface area contributed by atoms with Crippen LogP contribution in [0.5, 0.6) is 0 Å². The van der Waals surface area contributed by atoms with Gasteiger partial charge in [-0.05, 0) is 46.7 Å². The van der Waals surface area contributed by atoms with Crippen LogP contribution in [0.4, 0.5) is 0 Å². The number of benzene rings is 1. The molecule has 3 atom stereocenters. The molecule has 2 unspecified atom stereocenters. The van der Waals surface area contributed by atoms with Crippen LogP contribution in [-0.2, 0) is 17.1 Å². The minimum atomic E-state index is -3.21. The van der Waals surface area contributed by atoms with Crippen LogP contribution in [0, 0.1) is 0 Å². The molecule has 8 nitrogen and oxygen atoms in total. The lowest BCUT2D eigenvalue weighted by Crippen LogP contribution is -2.53. The summed E-state index contributed by atoms with van der Waals surface area (Å²) < 4.78 is 27.6. The molecule has 0 radical (unpaired) electrons. The zero-order valence-electron chi connectivity index (χ0n) is 19.2. The number of dihydropyridines is 1. The van der Waals surface area contributed by atoms with Gasteiger partial charge < -0.3 is 15.6 Å². The van der Waals surface area contributed by atoms with Crippen LogP contribution in [0.2, 0.25) is 5.02 Å². The van der Waals surface area contributed by atoms with Gasteiger partial charge in [-0.1, -0.05) is 29.8 Å². The molecule has 0 spiro atoms. The predicted octanol–water partition coefficient (Wildman–Crippen LogP) is 2.20. The van der Waals surface area contributed by atoms with Crippen molar-refractivity contribution in [1.82, 2.24) is 24.1 Å². The minimum Gasteiger partial charge on any atom is -0.382 e. The van der Waals surface area contributed by atoms with Gasteiger partial charge >= 0.3 is 0 Å². The van der Waals surface area contributed by atoms with Crippen molar-refractivity contribution in [3.63, 3.8) is 0 Å². The highest BCUT2D eigenvalue weighted by Gasteiger charge is 2.38. The molecular weight excluding hydrogens is 472 g/mol. The lowest BCUT2D eigenvalue weighted by atomic mass is 9.89. The highest BCUT2D eigenvalue weighted by Crippen LogP contribution is 2.43. The van der Waals surface area contributed by atoms with Crippen LogP contribution in [0.1, 0.15) is 28.9 Å². The first-order chi connectivity index (χ1) is 16.2. The third-order valence-corrected chi connectivity index (χ3v) is 8.48. The Morgan fingerprint density at radius 1 is 1.24 bits per heavy atom. The van der Waals surface area contributed by atoms with E-state index in [9.17, 15) is 8.42 Å². The summed E-state index contributed by atoms with van der Waals surface area (Å²) in [4.78, 5) is 6.63. The van der Waals surface area contributed by atoms with Crippen molar-refractivity contribution in [3.05, 3.63) is 82.6 Å². The summed E-state index contributed by atoms with van der Waals surface area (Å²) in [5, 5.41) is 4.20. The highest BCUT2D eigenvalue weighted by atomic mass is 35.5. The summed E-state index contributed by atoms with van der Waals surface area (Å²) in [6, 6.07) is 5.57. The molecule has 3 aliphatic rings. The van der Waals surface area contributed by atoms with E-state index >= 15 is 0 Å². The molecule has 34 heavy (non-hydrogen) atoms. The van der Waals surface area contributed by atoms with Gasteiger partial charge in [-0.25, -0.2) is 13.4 Å². The molecule has 10 heteroatoms. The number of aromatic nitrogens is 2. The maximum atomic E-state index is 12.1. The Balaban J connectivity index is 1.61. The number of halogens is 1. The molecule has 1 fully saturated rings. The fraction of sp³-hybridized carbons (Fsp3) is 0.375. The molecule has 1 saturated heterocycles. The Labute approximate surface area is 205 Å². The number of nitrogens with two attached hydrogens (primary N) is 1. The second kappa shape index (κ2) is 8.98. The van der Waals surface area contributed by atoms with Gasteiger partial charge in [0.15, 0.2) is 0 Å². The molecule has 0 bridgehead atoms. The normalized spacial score (nSPS) is 24.4. The van der Waals surface area contributed by atoms with Gasteiger partial charge in [0.2, 0.25) is 10.0 Å². The molecule has 1 aliphatic carbocycles. The number of hydrogen-bond acceptors (Lipinski definition) is 6. The maximum Gasteiger partial charge on any atom is 0.211 e. The van der Waals surface area contributed by atoms with E-state index in [0.717, 1.165) is 28.0 Å². The number of piperazine rings is 1. The van der Waals surface area contributed by atoms with Gasteiger partial charge in [-0.15, -0.1) is 0 Å². The Morgan fingerprint density at radius 3 is 2.68 bits per heavy atom. The molecule has 0 saturated carbocycles. The molecule has 3 heterocycles. The first kappa shape index (κ1) is 23.3. The lowest BCUT2D eigenvalue weighted by Gasteiger charge is -2.42. The second-order valence-electron chi connectivity index (χ2n) is 9.05. The van der Waals surface area contributed by atoms with E-state index in [4.69, 9.17) is 17.3 Å². The molecule has 1 aromatic carbocycles. The number of allylic oxidation sites excluding steroid dienone is 2. The van der Waals surface area contributed by atoms with E-state index in [2.05, 4.69) is 33.4 Å². The molecule has 1 aromatic heterocycles. The monoisotopic (exact) mass is 500 g/mol. The Morgan fingerprint density at radius 2 is 2.00 bits per heavy atom. The summed E-state index contributed by atoms with van der Waals surface area (Å²) in [5.74, 6) is 0. The van der Waals surface area contributed by atoms with E-state index in [1.165, 1.54) is 6.26 Å². The maximum absolute atomic E-state index is 12.1. The molecule has 5 rings (SSSR count). The number of nitrogens with one attached hydrogen (secondary N) is 1. The fourth-order valence-electron chi connectivity index (χ4n) is 5.21. The number of fused-ring (bicyclic) bond motifs is 2. The minimum absolute atomic E-state index is 0.00838. The first-order valence-electron chi connectivity index (χ1n) is 11.3. The van der Waals surface area contributed by atoms with Crippen LogP contribution in [-0.4, -0.2) is 65.7 Å². The van der Waals surface area contributed by atoms with Gasteiger partial charge in [0.1, 0.15) is 0 Å². The van der Waals surface area contributed by atoms with Crippen LogP contribution >= 0.6 is 11.6 Å². The van der Waals surface area contributed by atoms with Crippen molar-refractivity contribution in [2.75, 3.05) is 32.4 Å². The Bertz CT molecular complexity index is 1290. The van der Waals surface area contributed by atoms with Gasteiger partial charge in [0, 0.05) is 38.2 Å². The van der Waals surface area contributed by atoms with Gasteiger partial charge in [0.05, 0.1) is 42.6 Å². The van der Waals surface area contributed by atoms with E-state index in [1.54, 1.807) is 16.8 Å². The van der Waals surface area contributed by atoms with E-state index in [1.807, 2.05) is 36.0 Å². The number of nitrogens with zero attached hydrogens (tertiary/aromatic N) is 4. The largest absolute Gasteiger partial charge is 0.382 e. The predicted molar refractivity (Wildman–Crippen MR) is 134 cm³/mol. The van der Waals surface area contributed by atoms with Crippen molar-refractivity contribution >= 4 is 27.2 Å². The summed E-state index contributed by atoms with van der Waals surface area (Å²) in [6.07, 6.45) is 13.1. The van der Waals surface area contributed by atoms with E-state index in [-0.39, 0.29) is 12.1 Å². The number of hydrogen-bond donors (Lipinski definition) is 2. The highest BCUT2D eigenvalue weighted by molar-refractivity contribution is 7.88. The Hall–Kier alpha value is -2.43. The van der Waals surface area contributed by atoms with Crippen LogP contribution in [0.3, 0.4) is 0 Å². The summed E-state index contributed by atoms with van der Waals surface area (Å²) in [7, 11) is -1.27. The van der Waals surface area contributed by atoms with Crippen molar-refractivity contribution in [1.29, 1.82) is 0 Å². The van der Waals surface area contributed by atoms with Crippen LogP contribution in [0.25, 0.3) is 5.57 Å². The Kier molecular flexibility index (Phi) is 6.16. The fourth-order valence-corrected chi connectivity index (χ4v) is 6.21. The molecule has 2 aromatic rings. The zero-order chi connectivity index (χ0) is 24.0. The van der Waals surface area contributed by atoms with Gasteiger partial charge in [-0.3, -0.25) is 4.90 Å². The lowest BCUT2D eigenvalue weighted by molar-refractivity contribution is 0.122. The summed E-state index contributed by atoms with van der Waals surface area (Å²) >= 11 is 6.50. The number of aryl methyl sites for hydroxylation is 1. The third kappa shape index (κ3) is 4.23. The molecule has 180 valence electrons. The first-order valence-corrected chi connectivity index (χ1v) is 13.5. The summed E-state index contributed by atoms with van der Waals surface area (Å²) in [6.45, 7) is 2.21. The molecule has 2 aliphatic heterocycles. The quantitative estimate of drug-likeness (QED) is 0.668. The SMILES string of the molecule is Cn1cncc1C(N)C1=CC2=CC=CNC2[C@@H](N2CCN(S(C)(=O)=O)CC2)c2ccc(Cl)cc21. The number of sulfonamides is 1. The van der Waals surface area contributed by atoms with Crippen molar-refractivity contribution in [2.45, 2.75) is 18.1 Å². The molecule has 0 amide bonds. The topological polar surface area (TPSA) is 96.5 Å². The van der Waals surface area contributed by atoms with Crippen LogP contribution < -0.4 is 11.1 Å². The van der Waals surface area contributed by atoms with Gasteiger partial charge in [-0.2, -0.15) is 4.31 Å². The van der Waals surface area contributed by atoms with E-state index < -0.39 is 16.1 Å². The standard InChI is InChI=1S/C24H29ClN6O2S/c1-29-15-27-14-21(29)22(26)20-12-16-4-3-7-28-23(16)24(18-6-5-17(25)13-19(18)20)30-8-10-31(11-9-30)34(2,32)33/h3-7,12-15,22-24,28H,8-11,26H2,1-2H3/t22?,23?,24-/m0/s1. The summed E-state index contributed by atoms with van der Waals surface area (Å²) in [5.41, 5.74) is 12.0. The smallest absolute Gasteiger partial charge is 0.211 e. The average molecular weight is 501 g/mol. The zero-order valence-corrected chi connectivity index (χ0v) is 20.8.